The summed E-state index contributed by atoms with van der Waals surface area (Å²) in [5.41, 5.74) is 3.64. The van der Waals surface area contributed by atoms with Gasteiger partial charge in [0, 0.05) is 24.4 Å². The highest BCUT2D eigenvalue weighted by atomic mass is 32.2. The van der Waals surface area contributed by atoms with Crippen LogP contribution in [0.3, 0.4) is 0 Å². The Hall–Kier alpha value is -2.14. The largest absolute Gasteiger partial charge is 0.331 e. The van der Waals surface area contributed by atoms with Crippen molar-refractivity contribution >= 4 is 15.7 Å². The van der Waals surface area contributed by atoms with Crippen molar-refractivity contribution in [3.8, 4) is 0 Å². The zero-order valence-electron chi connectivity index (χ0n) is 14.6. The molecule has 0 spiro atoms. The van der Waals surface area contributed by atoms with Crippen LogP contribution in [0.2, 0.25) is 0 Å². The van der Waals surface area contributed by atoms with Gasteiger partial charge in [-0.15, -0.1) is 0 Å². The second kappa shape index (κ2) is 7.00. The zero-order valence-corrected chi connectivity index (χ0v) is 15.4. The van der Waals surface area contributed by atoms with Crippen LogP contribution in [0.25, 0.3) is 0 Å². The maximum atomic E-state index is 12.9. The van der Waals surface area contributed by atoms with E-state index in [9.17, 15) is 13.2 Å². The Bertz CT molecular complexity index is 851. The molecule has 25 heavy (non-hydrogen) atoms. The monoisotopic (exact) mass is 357 g/mol. The van der Waals surface area contributed by atoms with Gasteiger partial charge in [-0.2, -0.15) is 0 Å². The molecular weight excluding hydrogens is 334 g/mol. The molecular formula is C20H23NO3S. The number of amides is 1. The van der Waals surface area contributed by atoms with Crippen LogP contribution in [0, 0.1) is 6.92 Å². The van der Waals surface area contributed by atoms with E-state index in [2.05, 4.69) is 24.3 Å². The van der Waals surface area contributed by atoms with Crippen LogP contribution in [0.5, 0.6) is 0 Å². The third-order valence-electron chi connectivity index (χ3n) is 4.35. The molecule has 1 aliphatic carbocycles. The topological polar surface area (TPSA) is 54.5 Å². The normalized spacial score (nSPS) is 14.3. The number of carbonyl (C=O) groups excluding carboxylic acids is 1. The molecule has 5 heteroatoms. The van der Waals surface area contributed by atoms with E-state index in [1.165, 1.54) is 11.8 Å². The zero-order chi connectivity index (χ0) is 18.0. The van der Waals surface area contributed by atoms with Gasteiger partial charge in [-0.1, -0.05) is 42.0 Å². The molecule has 0 saturated heterocycles. The first-order chi connectivity index (χ1) is 11.8. The average Bonchev–Trinajstić information content (AvgIpc) is 3.38. The SMILES string of the molecule is Cc1ccc(CN(C(=O)c2ccc(CS(C)(=O)=O)cc2)C2CC2)cc1. The molecule has 0 unspecified atom stereocenters. The van der Waals surface area contributed by atoms with Gasteiger partial charge in [0.2, 0.25) is 0 Å². The molecule has 4 nitrogen and oxygen atoms in total. The van der Waals surface area contributed by atoms with Crippen LogP contribution in [-0.2, 0) is 22.1 Å². The Morgan fingerprint density at radius 2 is 1.56 bits per heavy atom. The van der Waals surface area contributed by atoms with Crippen molar-refractivity contribution in [3.63, 3.8) is 0 Å². The lowest BCUT2D eigenvalue weighted by molar-refractivity contribution is 0.0730. The molecule has 0 heterocycles. The van der Waals surface area contributed by atoms with E-state index in [4.69, 9.17) is 0 Å². The number of hydrogen-bond acceptors (Lipinski definition) is 3. The Morgan fingerprint density at radius 3 is 2.08 bits per heavy atom. The molecule has 1 saturated carbocycles. The quantitative estimate of drug-likeness (QED) is 0.797. The molecule has 2 aromatic rings. The lowest BCUT2D eigenvalue weighted by atomic mass is 10.1. The fourth-order valence-electron chi connectivity index (χ4n) is 2.86. The number of hydrogen-bond donors (Lipinski definition) is 0. The highest BCUT2D eigenvalue weighted by Gasteiger charge is 2.33. The van der Waals surface area contributed by atoms with Crippen LogP contribution >= 0.6 is 0 Å². The van der Waals surface area contributed by atoms with Gasteiger partial charge in [-0.25, -0.2) is 8.42 Å². The highest BCUT2D eigenvalue weighted by Crippen LogP contribution is 2.30. The maximum Gasteiger partial charge on any atom is 0.254 e. The minimum atomic E-state index is -3.07. The summed E-state index contributed by atoms with van der Waals surface area (Å²) in [5, 5.41) is 0. The molecule has 1 fully saturated rings. The molecule has 132 valence electrons. The molecule has 2 aromatic carbocycles. The standard InChI is InChI=1S/C20H23NO3S/c1-15-3-5-16(6-4-15)13-21(19-11-12-19)20(22)18-9-7-17(8-10-18)14-25(2,23)24/h3-10,19H,11-14H2,1-2H3. The molecule has 3 rings (SSSR count). The molecule has 1 amide bonds. The summed E-state index contributed by atoms with van der Waals surface area (Å²) < 4.78 is 22.8. The van der Waals surface area contributed by atoms with Crippen LogP contribution in [0.15, 0.2) is 48.5 Å². The molecule has 0 atom stereocenters. The molecule has 0 aromatic heterocycles. The molecule has 0 radical (unpaired) electrons. The summed E-state index contributed by atoms with van der Waals surface area (Å²) >= 11 is 0. The third-order valence-corrected chi connectivity index (χ3v) is 5.21. The van der Waals surface area contributed by atoms with Gasteiger partial charge in [0.15, 0.2) is 9.84 Å². The first kappa shape index (κ1) is 17.7. The van der Waals surface area contributed by atoms with Crippen molar-refractivity contribution in [2.75, 3.05) is 6.26 Å². The second-order valence-electron chi connectivity index (χ2n) is 6.92. The van der Waals surface area contributed by atoms with Crippen LogP contribution in [-0.4, -0.2) is 31.5 Å². The van der Waals surface area contributed by atoms with Crippen molar-refractivity contribution < 1.29 is 13.2 Å². The van der Waals surface area contributed by atoms with Crippen LogP contribution in [0.4, 0.5) is 0 Å². The van der Waals surface area contributed by atoms with Gasteiger partial charge in [0.25, 0.3) is 5.91 Å². The van der Waals surface area contributed by atoms with E-state index in [1.807, 2.05) is 11.8 Å². The lowest BCUT2D eigenvalue weighted by Crippen LogP contribution is -2.32. The second-order valence-corrected chi connectivity index (χ2v) is 9.06. The number of sulfone groups is 1. The Kier molecular flexibility index (Phi) is 4.95. The van der Waals surface area contributed by atoms with E-state index in [-0.39, 0.29) is 11.7 Å². The molecule has 0 bridgehead atoms. The molecule has 0 aliphatic heterocycles. The third kappa shape index (κ3) is 4.92. The number of rotatable bonds is 6. The van der Waals surface area contributed by atoms with Gasteiger partial charge < -0.3 is 4.90 Å². The van der Waals surface area contributed by atoms with E-state index in [0.29, 0.717) is 23.7 Å². The first-order valence-electron chi connectivity index (χ1n) is 8.45. The summed E-state index contributed by atoms with van der Waals surface area (Å²) in [6, 6.07) is 15.5. The van der Waals surface area contributed by atoms with Crippen molar-refractivity contribution in [3.05, 3.63) is 70.8 Å². The van der Waals surface area contributed by atoms with Gasteiger partial charge in [-0.05, 0) is 43.0 Å². The van der Waals surface area contributed by atoms with Gasteiger partial charge in [0.05, 0.1) is 5.75 Å². The van der Waals surface area contributed by atoms with Gasteiger partial charge in [-0.3, -0.25) is 4.79 Å². The number of carbonyl (C=O) groups is 1. The minimum Gasteiger partial charge on any atom is -0.331 e. The van der Waals surface area contributed by atoms with Crippen molar-refractivity contribution in [1.82, 2.24) is 4.90 Å². The number of nitrogens with zero attached hydrogens (tertiary/aromatic N) is 1. The summed E-state index contributed by atoms with van der Waals surface area (Å²) in [6.07, 6.45) is 3.30. The van der Waals surface area contributed by atoms with Crippen molar-refractivity contribution in [2.24, 2.45) is 0 Å². The summed E-state index contributed by atoms with van der Waals surface area (Å²) in [6.45, 7) is 2.65. The van der Waals surface area contributed by atoms with Gasteiger partial charge in [0.1, 0.15) is 0 Å². The van der Waals surface area contributed by atoms with Gasteiger partial charge >= 0.3 is 0 Å². The average molecular weight is 357 g/mol. The van der Waals surface area contributed by atoms with E-state index < -0.39 is 9.84 Å². The fourth-order valence-corrected chi connectivity index (χ4v) is 3.65. The van der Waals surface area contributed by atoms with E-state index in [1.54, 1.807) is 24.3 Å². The molecule has 1 aliphatic rings. The summed E-state index contributed by atoms with van der Waals surface area (Å²) in [7, 11) is -3.07. The summed E-state index contributed by atoms with van der Waals surface area (Å²) in [5.74, 6) is 0.00551. The lowest BCUT2D eigenvalue weighted by Gasteiger charge is -2.23. The van der Waals surface area contributed by atoms with E-state index >= 15 is 0 Å². The molecule has 0 N–H and O–H groups in total. The first-order valence-corrected chi connectivity index (χ1v) is 10.5. The maximum absolute atomic E-state index is 12.9. The van der Waals surface area contributed by atoms with Crippen LogP contribution < -0.4 is 0 Å². The van der Waals surface area contributed by atoms with Crippen molar-refractivity contribution in [1.29, 1.82) is 0 Å². The smallest absolute Gasteiger partial charge is 0.254 e. The predicted octanol–water partition coefficient (Wildman–Crippen LogP) is 3.34. The van der Waals surface area contributed by atoms with Crippen molar-refractivity contribution in [2.45, 2.75) is 38.1 Å². The Morgan fingerprint density at radius 1 is 1.00 bits per heavy atom. The van der Waals surface area contributed by atoms with Crippen LogP contribution in [0.1, 0.15) is 39.9 Å². The highest BCUT2D eigenvalue weighted by molar-refractivity contribution is 7.89. The fraction of sp³-hybridized carbons (Fsp3) is 0.350. The Labute approximate surface area is 149 Å². The number of benzene rings is 2. The summed E-state index contributed by atoms with van der Waals surface area (Å²) in [4.78, 5) is 14.8. The Balaban J connectivity index is 1.75. The minimum absolute atomic E-state index is 0.00280. The number of aryl methyl sites for hydroxylation is 1. The predicted molar refractivity (Wildman–Crippen MR) is 99.1 cm³/mol. The van der Waals surface area contributed by atoms with E-state index in [0.717, 1.165) is 18.4 Å².